The number of rotatable bonds is 7. The lowest BCUT2D eigenvalue weighted by Gasteiger charge is -2.44. The minimum Gasteiger partial charge on any atom is -0.492 e. The predicted molar refractivity (Wildman–Crippen MR) is 134 cm³/mol. The number of aromatic nitrogens is 2. The monoisotopic (exact) mass is 508 g/mol. The molecule has 1 amide bonds. The van der Waals surface area contributed by atoms with Crippen LogP contribution in [-0.4, -0.2) is 62.1 Å². The molecule has 1 spiro atoms. The van der Waals surface area contributed by atoms with Gasteiger partial charge in [-0.2, -0.15) is 0 Å². The van der Waals surface area contributed by atoms with E-state index in [1.54, 1.807) is 24.5 Å². The van der Waals surface area contributed by atoms with Gasteiger partial charge in [0.25, 0.3) is 5.91 Å². The van der Waals surface area contributed by atoms with E-state index in [1.165, 1.54) is 13.2 Å². The standard InChI is InChI=1S/C27H29FN4O5/c1-34-24-18(28)4-2-5-19(24)31-23-21-25(27(7-3-8-27)15-30-26(21)33)32-22(23)17-6-9-29-12-20(17)37-14-16-13-35-10-11-36-16/h2,4-6,9,12,16,31-32H,3,7-8,10-11,13-15H2,1H3,(H,30,33)/t16-/m0/s1. The smallest absolute Gasteiger partial charge is 0.255 e. The third-order valence-corrected chi connectivity index (χ3v) is 7.45. The largest absolute Gasteiger partial charge is 0.492 e. The maximum Gasteiger partial charge on any atom is 0.255 e. The Hall–Kier alpha value is -3.63. The predicted octanol–water partition coefficient (Wildman–Crippen LogP) is 3.93. The molecule has 0 unspecified atom stereocenters. The molecular weight excluding hydrogens is 479 g/mol. The van der Waals surface area contributed by atoms with Gasteiger partial charge in [0.2, 0.25) is 0 Å². The van der Waals surface area contributed by atoms with Gasteiger partial charge in [0, 0.05) is 29.4 Å². The average Bonchev–Trinajstić information content (AvgIpc) is 3.28. The highest BCUT2D eigenvalue weighted by Gasteiger charge is 2.47. The zero-order valence-corrected chi connectivity index (χ0v) is 20.6. The number of hydrogen-bond acceptors (Lipinski definition) is 7. The summed E-state index contributed by atoms with van der Waals surface area (Å²) in [6, 6.07) is 6.48. The average molecular weight is 509 g/mol. The van der Waals surface area contributed by atoms with Crippen molar-refractivity contribution >= 4 is 17.3 Å². The van der Waals surface area contributed by atoms with Gasteiger partial charge in [0.05, 0.1) is 55.8 Å². The number of ether oxygens (including phenoxy) is 4. The van der Waals surface area contributed by atoms with E-state index in [9.17, 15) is 9.18 Å². The number of fused-ring (bicyclic) bond motifs is 2. The number of pyridine rings is 1. The molecule has 1 aliphatic carbocycles. The molecule has 4 heterocycles. The molecule has 6 rings (SSSR count). The van der Waals surface area contributed by atoms with Crippen LogP contribution >= 0.6 is 0 Å². The minimum atomic E-state index is -0.499. The zero-order valence-electron chi connectivity index (χ0n) is 20.6. The lowest BCUT2D eigenvalue weighted by molar-refractivity contribution is -0.101. The van der Waals surface area contributed by atoms with Crippen molar-refractivity contribution in [2.24, 2.45) is 0 Å². The minimum absolute atomic E-state index is 0.0682. The first-order valence-electron chi connectivity index (χ1n) is 12.5. The highest BCUT2D eigenvalue weighted by atomic mass is 19.1. The van der Waals surface area contributed by atoms with Crippen molar-refractivity contribution in [2.75, 3.05) is 45.4 Å². The Balaban J connectivity index is 1.45. The first-order chi connectivity index (χ1) is 18.1. The van der Waals surface area contributed by atoms with Gasteiger partial charge in [-0.25, -0.2) is 4.39 Å². The van der Waals surface area contributed by atoms with Crippen molar-refractivity contribution < 1.29 is 28.1 Å². The first kappa shape index (κ1) is 23.7. The number of para-hydroxylation sites is 1. The highest BCUT2D eigenvalue weighted by molar-refractivity contribution is 6.07. The number of anilines is 2. The maximum atomic E-state index is 14.5. The summed E-state index contributed by atoms with van der Waals surface area (Å²) in [5.74, 6) is -0.0793. The first-order valence-corrected chi connectivity index (χ1v) is 12.5. The maximum absolute atomic E-state index is 14.5. The van der Waals surface area contributed by atoms with Crippen molar-refractivity contribution in [2.45, 2.75) is 30.8 Å². The van der Waals surface area contributed by atoms with E-state index in [0.717, 1.165) is 30.5 Å². The molecule has 194 valence electrons. The lowest BCUT2D eigenvalue weighted by atomic mass is 9.64. The second-order valence-electron chi connectivity index (χ2n) is 9.64. The van der Waals surface area contributed by atoms with Crippen LogP contribution in [0.4, 0.5) is 15.8 Å². The van der Waals surface area contributed by atoms with Gasteiger partial charge in [-0.1, -0.05) is 12.5 Å². The number of amides is 1. The highest BCUT2D eigenvalue weighted by Crippen LogP contribution is 2.51. The number of halogens is 1. The van der Waals surface area contributed by atoms with Gasteiger partial charge in [-0.3, -0.25) is 9.78 Å². The van der Waals surface area contributed by atoms with Crippen LogP contribution < -0.4 is 20.1 Å². The third-order valence-electron chi connectivity index (χ3n) is 7.45. The fourth-order valence-corrected chi connectivity index (χ4v) is 5.37. The van der Waals surface area contributed by atoms with Gasteiger partial charge in [0.15, 0.2) is 11.6 Å². The molecule has 1 saturated heterocycles. The van der Waals surface area contributed by atoms with Crippen LogP contribution in [0.1, 0.15) is 35.3 Å². The van der Waals surface area contributed by atoms with Crippen LogP contribution in [0.2, 0.25) is 0 Å². The van der Waals surface area contributed by atoms with E-state index in [4.69, 9.17) is 18.9 Å². The van der Waals surface area contributed by atoms with Crippen LogP contribution in [0.25, 0.3) is 11.3 Å². The summed E-state index contributed by atoms with van der Waals surface area (Å²) in [5, 5.41) is 6.38. The number of methoxy groups -OCH3 is 1. The molecule has 10 heteroatoms. The van der Waals surface area contributed by atoms with Crippen LogP contribution in [0.3, 0.4) is 0 Å². The van der Waals surface area contributed by atoms with Gasteiger partial charge < -0.3 is 34.6 Å². The van der Waals surface area contributed by atoms with E-state index in [1.807, 2.05) is 6.07 Å². The van der Waals surface area contributed by atoms with Crippen molar-refractivity contribution in [3.8, 4) is 22.8 Å². The Morgan fingerprint density at radius 2 is 2.16 bits per heavy atom. The van der Waals surface area contributed by atoms with Crippen molar-refractivity contribution in [1.29, 1.82) is 0 Å². The number of carbonyl (C=O) groups excluding carboxylic acids is 1. The Kier molecular flexibility index (Phi) is 6.21. The molecule has 9 nitrogen and oxygen atoms in total. The number of aromatic amines is 1. The Morgan fingerprint density at radius 3 is 2.92 bits per heavy atom. The summed E-state index contributed by atoms with van der Waals surface area (Å²) in [6.45, 7) is 2.44. The normalized spacial score (nSPS) is 20.1. The van der Waals surface area contributed by atoms with E-state index in [2.05, 4.69) is 20.6 Å². The van der Waals surface area contributed by atoms with Gasteiger partial charge in [-0.15, -0.1) is 0 Å². The quantitative estimate of drug-likeness (QED) is 0.444. The summed E-state index contributed by atoms with van der Waals surface area (Å²) in [7, 11) is 1.42. The molecule has 3 aliphatic rings. The number of carbonyl (C=O) groups is 1. The molecule has 0 radical (unpaired) electrons. The SMILES string of the molecule is COc1c(F)cccc1Nc1c(-c2ccncc2OC[C@@H]2COCCO2)[nH]c2c1C(=O)NCC21CCC1. The fourth-order valence-electron chi connectivity index (χ4n) is 5.37. The summed E-state index contributed by atoms with van der Waals surface area (Å²) in [4.78, 5) is 21.1. The van der Waals surface area contributed by atoms with E-state index in [0.29, 0.717) is 61.4 Å². The molecule has 1 atom stereocenters. The Morgan fingerprint density at radius 1 is 1.27 bits per heavy atom. The molecule has 2 aliphatic heterocycles. The number of hydrogen-bond donors (Lipinski definition) is 3. The summed E-state index contributed by atoms with van der Waals surface area (Å²) >= 11 is 0. The molecule has 37 heavy (non-hydrogen) atoms. The molecule has 1 aromatic carbocycles. The third kappa shape index (κ3) is 4.19. The van der Waals surface area contributed by atoms with Crippen molar-refractivity contribution in [1.82, 2.24) is 15.3 Å². The van der Waals surface area contributed by atoms with E-state index in [-0.39, 0.29) is 23.2 Å². The van der Waals surface area contributed by atoms with Crippen LogP contribution in [0.15, 0.2) is 36.7 Å². The molecule has 2 aromatic heterocycles. The summed E-state index contributed by atoms with van der Waals surface area (Å²) in [6.07, 6.45) is 6.18. The number of benzene rings is 1. The lowest BCUT2D eigenvalue weighted by Crippen LogP contribution is -2.50. The van der Waals surface area contributed by atoms with Gasteiger partial charge in [-0.05, 0) is 31.0 Å². The summed E-state index contributed by atoms with van der Waals surface area (Å²) < 4.78 is 37.2. The molecular formula is C27H29FN4O5. The van der Waals surface area contributed by atoms with Crippen molar-refractivity contribution in [3.63, 3.8) is 0 Å². The van der Waals surface area contributed by atoms with Gasteiger partial charge >= 0.3 is 0 Å². The second-order valence-corrected chi connectivity index (χ2v) is 9.64. The molecule has 0 bridgehead atoms. The Labute approximate surface area is 213 Å². The molecule has 3 N–H and O–H groups in total. The van der Waals surface area contributed by atoms with Gasteiger partial charge in [0.1, 0.15) is 18.5 Å². The summed E-state index contributed by atoms with van der Waals surface area (Å²) in [5.41, 5.74) is 3.61. The van der Waals surface area contributed by atoms with Crippen LogP contribution in [-0.2, 0) is 14.9 Å². The van der Waals surface area contributed by atoms with E-state index < -0.39 is 5.82 Å². The number of nitrogens with zero attached hydrogens (tertiary/aromatic N) is 1. The molecule has 2 fully saturated rings. The zero-order chi connectivity index (χ0) is 25.4. The van der Waals surface area contributed by atoms with Crippen LogP contribution in [0, 0.1) is 5.82 Å². The molecule has 3 aromatic rings. The second kappa shape index (κ2) is 9.68. The van der Waals surface area contributed by atoms with Crippen molar-refractivity contribution in [3.05, 3.63) is 53.7 Å². The Bertz CT molecular complexity index is 1320. The topological polar surface area (TPSA) is 107 Å². The van der Waals surface area contributed by atoms with Crippen LogP contribution in [0.5, 0.6) is 11.5 Å². The molecule has 1 saturated carbocycles. The fraction of sp³-hybridized carbons (Fsp3) is 0.407. The van der Waals surface area contributed by atoms with E-state index >= 15 is 0 Å². The number of nitrogens with one attached hydrogen (secondary N) is 3. The number of H-pyrrole nitrogens is 1.